The summed E-state index contributed by atoms with van der Waals surface area (Å²) in [5, 5.41) is -13.4. The molecule has 0 aliphatic rings. The molecule has 1 aromatic carbocycles. The summed E-state index contributed by atoms with van der Waals surface area (Å²) >= 11 is 3.67. The first-order valence-corrected chi connectivity index (χ1v) is 6.66. The monoisotopic (exact) mass is 338 g/mol. The lowest BCUT2D eigenvalue weighted by Gasteiger charge is -2.54. The average molecular weight is 339 g/mol. The van der Waals surface area contributed by atoms with Gasteiger partial charge in [-0.2, -0.15) is 17.6 Å². The Balaban J connectivity index is 3.74. The first kappa shape index (κ1) is 16.3. The molecule has 0 saturated carbocycles. The summed E-state index contributed by atoms with van der Waals surface area (Å²) < 4.78 is 116. The molecule has 0 N–H and O–H groups in total. The van der Waals surface area contributed by atoms with Crippen molar-refractivity contribution in [1.82, 2.24) is 0 Å². The van der Waals surface area contributed by atoms with E-state index >= 15 is 0 Å². The van der Waals surface area contributed by atoms with Crippen molar-refractivity contribution in [1.29, 1.82) is 0 Å². The van der Waals surface area contributed by atoms with Crippen LogP contribution in [0.1, 0.15) is 0 Å². The van der Waals surface area contributed by atoms with Crippen LogP contribution in [0.3, 0.4) is 0 Å². The Labute approximate surface area is 105 Å². The van der Waals surface area contributed by atoms with E-state index in [-0.39, 0.29) is 12.1 Å². The third-order valence-electron chi connectivity index (χ3n) is 2.12. The molecular formula is C8H4ClF9S. The second-order valence-electron chi connectivity index (χ2n) is 3.54. The van der Waals surface area contributed by atoms with E-state index in [1.165, 1.54) is 0 Å². The molecule has 0 bridgehead atoms. The molecule has 0 aliphatic carbocycles. The SMILES string of the molecule is Fc1cccc(S(F)(F)(F)(F)C(F)(F)C(F)(F)Cl)c1. The van der Waals surface area contributed by atoms with E-state index in [9.17, 15) is 37.5 Å². The highest BCUT2D eigenvalue weighted by Crippen LogP contribution is 3.08. The number of hydrogen-bond acceptors (Lipinski definition) is 0. The van der Waals surface area contributed by atoms with Crippen LogP contribution in [-0.2, 0) is 0 Å². The lowest BCUT2D eigenvalue weighted by molar-refractivity contribution is -0.113. The van der Waals surface area contributed by atoms with Crippen LogP contribution < -0.4 is 0 Å². The minimum absolute atomic E-state index is 0.255. The van der Waals surface area contributed by atoms with Gasteiger partial charge in [0.25, 0.3) is 0 Å². The van der Waals surface area contributed by atoms with Crippen molar-refractivity contribution >= 4 is 21.4 Å². The molecule has 0 aromatic heterocycles. The van der Waals surface area contributed by atoms with E-state index in [1.807, 2.05) is 0 Å². The molecule has 0 nitrogen and oxygen atoms in total. The Morgan fingerprint density at radius 3 is 1.79 bits per heavy atom. The predicted octanol–water partition coefficient (Wildman–Crippen LogP) is 6.02. The van der Waals surface area contributed by atoms with Crippen LogP contribution in [0.2, 0.25) is 0 Å². The third-order valence-corrected chi connectivity index (χ3v) is 4.96. The van der Waals surface area contributed by atoms with Crippen molar-refractivity contribution in [2.24, 2.45) is 0 Å². The number of halogens is 10. The zero-order valence-corrected chi connectivity index (χ0v) is 10.1. The van der Waals surface area contributed by atoms with Crippen molar-refractivity contribution in [3.8, 4) is 0 Å². The van der Waals surface area contributed by atoms with Crippen LogP contribution >= 0.6 is 21.4 Å². The Morgan fingerprint density at radius 1 is 0.947 bits per heavy atom. The van der Waals surface area contributed by atoms with Gasteiger partial charge in [-0.25, -0.2) is 4.39 Å². The van der Waals surface area contributed by atoms with Gasteiger partial charge in [0.1, 0.15) is 5.82 Å². The minimum atomic E-state index is -10.9. The molecule has 0 saturated heterocycles. The minimum Gasteiger partial charge on any atom is -0.207 e. The summed E-state index contributed by atoms with van der Waals surface area (Å²) in [6, 6.07) is -0.265. The number of benzene rings is 1. The molecule has 19 heavy (non-hydrogen) atoms. The van der Waals surface area contributed by atoms with E-state index in [0.717, 1.165) is 0 Å². The Kier molecular flexibility index (Phi) is 2.96. The summed E-state index contributed by atoms with van der Waals surface area (Å²) in [7, 11) is -10.9. The van der Waals surface area contributed by atoms with Gasteiger partial charge in [0.05, 0.1) is 4.90 Å². The van der Waals surface area contributed by atoms with E-state index in [2.05, 4.69) is 11.6 Å². The lowest BCUT2D eigenvalue weighted by atomic mass is 10.4. The topological polar surface area (TPSA) is 0 Å². The summed E-state index contributed by atoms with van der Waals surface area (Å²) in [6.07, 6.45) is 0. The Bertz CT molecular complexity index is 514. The predicted molar refractivity (Wildman–Crippen MR) is 52.4 cm³/mol. The van der Waals surface area contributed by atoms with Crippen LogP contribution in [0, 0.1) is 5.82 Å². The Morgan fingerprint density at radius 2 is 1.42 bits per heavy atom. The molecule has 0 unspecified atom stereocenters. The molecule has 0 aliphatic heterocycles. The van der Waals surface area contributed by atoms with Crippen molar-refractivity contribution < 1.29 is 37.5 Å². The molecule has 1 aromatic rings. The van der Waals surface area contributed by atoms with Gasteiger partial charge in [0.2, 0.25) is 9.84 Å². The molecule has 1 rings (SSSR count). The van der Waals surface area contributed by atoms with Crippen molar-refractivity contribution in [3.63, 3.8) is 0 Å². The van der Waals surface area contributed by atoms with Crippen LogP contribution in [0.15, 0.2) is 29.2 Å². The number of rotatable bonds is 3. The molecule has 0 radical (unpaired) electrons. The van der Waals surface area contributed by atoms with Gasteiger partial charge in [-0.05, 0) is 29.8 Å². The van der Waals surface area contributed by atoms with E-state index in [0.29, 0.717) is 6.07 Å². The maximum Gasteiger partial charge on any atom is 0.434 e. The average Bonchev–Trinajstić information content (AvgIpc) is 2.14. The zero-order chi connectivity index (χ0) is 15.4. The standard InChI is InChI=1S/C8H4ClF9S/c9-7(11,12)8(13,14)19(15,16,17,18)6-3-1-2-5(10)4-6/h1-4H. The molecule has 0 fully saturated rings. The first-order valence-electron chi connectivity index (χ1n) is 4.23. The lowest BCUT2D eigenvalue weighted by Crippen LogP contribution is -2.48. The van der Waals surface area contributed by atoms with Crippen molar-refractivity contribution in [2.45, 2.75) is 15.5 Å². The molecule has 0 spiro atoms. The third kappa shape index (κ3) is 2.14. The highest BCUT2D eigenvalue weighted by atomic mass is 35.5. The van der Waals surface area contributed by atoms with Gasteiger partial charge in [-0.15, -0.1) is 15.5 Å². The quantitative estimate of drug-likeness (QED) is 0.467. The number of alkyl halides is 5. The normalized spacial score (nSPS) is 17.8. The Hall–Kier alpha value is -0.770. The molecule has 0 amide bonds. The van der Waals surface area contributed by atoms with E-state index in [4.69, 9.17) is 0 Å². The second kappa shape index (κ2) is 3.46. The van der Waals surface area contributed by atoms with Gasteiger partial charge in [-0.3, -0.25) is 0 Å². The highest BCUT2D eigenvalue weighted by molar-refractivity contribution is 8.50. The van der Waals surface area contributed by atoms with Gasteiger partial charge in [-0.1, -0.05) is 6.07 Å². The number of hydrogen-bond donors (Lipinski definition) is 0. The fourth-order valence-electron chi connectivity index (χ4n) is 1.10. The van der Waals surface area contributed by atoms with Crippen molar-refractivity contribution in [3.05, 3.63) is 30.1 Å². The molecular weight excluding hydrogens is 335 g/mol. The molecule has 0 atom stereocenters. The highest BCUT2D eigenvalue weighted by Gasteiger charge is 2.90. The molecule has 112 valence electrons. The fraction of sp³-hybridized carbons (Fsp3) is 0.250. The van der Waals surface area contributed by atoms with Gasteiger partial charge in [0, 0.05) is 0 Å². The summed E-state index contributed by atoms with van der Waals surface area (Å²) in [5.41, 5.74) is 0. The maximum atomic E-state index is 13.3. The fourth-order valence-corrected chi connectivity index (χ4v) is 3.03. The van der Waals surface area contributed by atoms with Gasteiger partial charge in [0.15, 0.2) is 0 Å². The smallest absolute Gasteiger partial charge is 0.207 e. The summed E-state index contributed by atoms with van der Waals surface area (Å²) in [4.78, 5) is -2.83. The summed E-state index contributed by atoms with van der Waals surface area (Å²) in [6.45, 7) is 0. The van der Waals surface area contributed by atoms with Gasteiger partial charge >= 0.3 is 10.6 Å². The van der Waals surface area contributed by atoms with Crippen molar-refractivity contribution in [2.75, 3.05) is 0 Å². The largest absolute Gasteiger partial charge is 0.434 e. The zero-order valence-electron chi connectivity index (χ0n) is 8.50. The van der Waals surface area contributed by atoms with Crippen LogP contribution in [0.5, 0.6) is 0 Å². The molecule has 11 heteroatoms. The van der Waals surface area contributed by atoms with Crippen LogP contribution in [0.4, 0.5) is 37.5 Å². The second-order valence-corrected chi connectivity index (χ2v) is 7.14. The van der Waals surface area contributed by atoms with Crippen LogP contribution in [-0.4, -0.2) is 10.6 Å². The maximum absolute atomic E-state index is 13.3. The van der Waals surface area contributed by atoms with E-state index in [1.54, 1.807) is 0 Å². The van der Waals surface area contributed by atoms with Gasteiger partial charge < -0.3 is 0 Å². The van der Waals surface area contributed by atoms with E-state index < -0.39 is 37.3 Å². The van der Waals surface area contributed by atoms with Crippen LogP contribution in [0.25, 0.3) is 0 Å². The molecule has 0 heterocycles. The summed E-state index contributed by atoms with van der Waals surface area (Å²) in [5.74, 6) is -1.72. The first-order chi connectivity index (χ1) is 8.03.